The van der Waals surface area contributed by atoms with E-state index in [9.17, 15) is 9.90 Å². The Balaban J connectivity index is 2.36. The van der Waals surface area contributed by atoms with Crippen LogP contribution in [0, 0.1) is 23.2 Å². The van der Waals surface area contributed by atoms with Gasteiger partial charge in [-0.3, -0.25) is 4.79 Å². The van der Waals surface area contributed by atoms with E-state index >= 15 is 0 Å². The molecular weight excluding hydrogens is 212 g/mol. The van der Waals surface area contributed by atoms with Crippen molar-refractivity contribution in [3.05, 3.63) is 11.6 Å². The number of hydrogen-bond acceptors (Lipinski definition) is 2. The number of aliphatic hydroxyl groups excluding tert-OH is 1. The predicted molar refractivity (Wildman–Crippen MR) is 68.5 cm³/mol. The maximum Gasteiger partial charge on any atom is 0.145 e. The van der Waals surface area contributed by atoms with Crippen LogP contribution in [0.3, 0.4) is 0 Å². The highest BCUT2D eigenvalue weighted by molar-refractivity contribution is 5.73. The summed E-state index contributed by atoms with van der Waals surface area (Å²) in [5, 5.41) is 10.4. The first kappa shape index (κ1) is 12.8. The lowest BCUT2D eigenvalue weighted by molar-refractivity contribution is -0.105. The van der Waals surface area contributed by atoms with Crippen molar-refractivity contribution in [3.63, 3.8) is 0 Å². The first-order valence-corrected chi connectivity index (χ1v) is 6.83. The molecule has 1 fully saturated rings. The quantitative estimate of drug-likeness (QED) is 0.748. The van der Waals surface area contributed by atoms with E-state index in [0.29, 0.717) is 17.8 Å². The van der Waals surface area contributed by atoms with Gasteiger partial charge in [-0.15, -0.1) is 0 Å². The molecule has 1 N–H and O–H groups in total. The van der Waals surface area contributed by atoms with E-state index in [0.717, 1.165) is 31.1 Å². The van der Waals surface area contributed by atoms with Crippen molar-refractivity contribution in [2.24, 2.45) is 23.2 Å². The monoisotopic (exact) mass is 236 g/mol. The Morgan fingerprint density at radius 3 is 2.76 bits per heavy atom. The smallest absolute Gasteiger partial charge is 0.145 e. The number of allylic oxidation sites excluding steroid dienone is 2. The fourth-order valence-electron chi connectivity index (χ4n) is 3.81. The summed E-state index contributed by atoms with van der Waals surface area (Å²) in [4.78, 5) is 11.0. The second-order valence-corrected chi connectivity index (χ2v) is 6.39. The first-order valence-electron chi connectivity index (χ1n) is 6.83. The number of fused-ring (bicyclic) bond motifs is 1. The molecule has 0 radical (unpaired) electrons. The van der Waals surface area contributed by atoms with Gasteiger partial charge < -0.3 is 5.11 Å². The fourth-order valence-corrected chi connectivity index (χ4v) is 3.81. The highest BCUT2D eigenvalue weighted by Gasteiger charge is 2.49. The Morgan fingerprint density at radius 1 is 1.47 bits per heavy atom. The molecule has 2 aliphatic carbocycles. The predicted octanol–water partition coefficient (Wildman–Crippen LogP) is 2.95. The molecule has 0 aromatic rings. The van der Waals surface area contributed by atoms with Gasteiger partial charge in [0.1, 0.15) is 6.29 Å². The summed E-state index contributed by atoms with van der Waals surface area (Å²) in [5.74, 6) is 1.61. The molecule has 4 atom stereocenters. The van der Waals surface area contributed by atoms with Crippen LogP contribution in [0.2, 0.25) is 0 Å². The van der Waals surface area contributed by atoms with Gasteiger partial charge in [-0.05, 0) is 49.0 Å². The lowest BCUT2D eigenvalue weighted by Crippen LogP contribution is -2.36. The molecule has 0 aromatic carbocycles. The molecule has 0 spiro atoms. The zero-order chi connectivity index (χ0) is 12.6. The Morgan fingerprint density at radius 2 is 2.18 bits per heavy atom. The molecule has 1 saturated carbocycles. The van der Waals surface area contributed by atoms with E-state index in [1.165, 1.54) is 6.42 Å². The number of aldehydes is 1. The third-order valence-corrected chi connectivity index (χ3v) is 5.11. The van der Waals surface area contributed by atoms with Gasteiger partial charge in [0, 0.05) is 5.41 Å². The molecule has 0 amide bonds. The average molecular weight is 236 g/mol. The first-order chi connectivity index (χ1) is 7.99. The van der Waals surface area contributed by atoms with Gasteiger partial charge in [0.2, 0.25) is 0 Å². The molecule has 0 bridgehead atoms. The molecule has 0 heterocycles. The van der Waals surface area contributed by atoms with Gasteiger partial charge >= 0.3 is 0 Å². The molecule has 0 aromatic heterocycles. The van der Waals surface area contributed by atoms with E-state index in [1.807, 2.05) is 0 Å². The molecule has 2 heteroatoms. The van der Waals surface area contributed by atoms with Crippen LogP contribution in [-0.4, -0.2) is 17.5 Å². The van der Waals surface area contributed by atoms with Gasteiger partial charge in [-0.25, -0.2) is 0 Å². The Labute approximate surface area is 104 Å². The van der Waals surface area contributed by atoms with Gasteiger partial charge in [0.25, 0.3) is 0 Å². The molecule has 2 rings (SSSR count). The van der Waals surface area contributed by atoms with Gasteiger partial charge in [-0.1, -0.05) is 26.8 Å². The van der Waals surface area contributed by atoms with Crippen LogP contribution in [-0.2, 0) is 4.79 Å². The second-order valence-electron chi connectivity index (χ2n) is 6.39. The SMILES string of the molecule is CC(C)[C@H]1CC[C@@]2(C)[C@H](O)CCC(C=O)=C[C@H]12. The molecule has 17 heavy (non-hydrogen) atoms. The third kappa shape index (κ3) is 2.08. The van der Waals surface area contributed by atoms with E-state index in [2.05, 4.69) is 26.8 Å². The minimum atomic E-state index is -0.259. The Kier molecular flexibility index (Phi) is 3.44. The van der Waals surface area contributed by atoms with Crippen molar-refractivity contribution in [1.29, 1.82) is 0 Å². The van der Waals surface area contributed by atoms with Crippen LogP contribution in [0.4, 0.5) is 0 Å². The summed E-state index contributed by atoms with van der Waals surface area (Å²) in [6, 6.07) is 0. The van der Waals surface area contributed by atoms with Crippen molar-refractivity contribution in [2.75, 3.05) is 0 Å². The van der Waals surface area contributed by atoms with Crippen LogP contribution in [0.15, 0.2) is 11.6 Å². The third-order valence-electron chi connectivity index (χ3n) is 5.11. The second kappa shape index (κ2) is 4.56. The lowest BCUT2D eigenvalue weighted by atomic mass is 9.71. The van der Waals surface area contributed by atoms with E-state index in [4.69, 9.17) is 0 Å². The van der Waals surface area contributed by atoms with E-state index in [-0.39, 0.29) is 11.5 Å². The lowest BCUT2D eigenvalue weighted by Gasteiger charge is -2.36. The van der Waals surface area contributed by atoms with Gasteiger partial charge in [0.05, 0.1) is 6.10 Å². The standard InChI is InChI=1S/C15H24O2/c1-10(2)12-6-7-15(3)13(12)8-11(9-16)4-5-14(15)17/h8-10,12-14,17H,4-7H2,1-3H3/t12-,13-,14-,15-/m1/s1. The number of carbonyl (C=O) groups excluding carboxylic acids is 1. The molecule has 0 unspecified atom stereocenters. The van der Waals surface area contributed by atoms with E-state index < -0.39 is 0 Å². The normalized spacial score (nSPS) is 41.9. The number of hydrogen-bond donors (Lipinski definition) is 1. The van der Waals surface area contributed by atoms with Crippen molar-refractivity contribution >= 4 is 6.29 Å². The summed E-state index contributed by atoms with van der Waals surface area (Å²) in [6.07, 6.45) is 6.63. The summed E-state index contributed by atoms with van der Waals surface area (Å²) < 4.78 is 0. The van der Waals surface area contributed by atoms with Crippen LogP contribution >= 0.6 is 0 Å². The summed E-state index contributed by atoms with van der Waals surface area (Å²) in [6.45, 7) is 6.71. The molecular formula is C15H24O2. The molecule has 96 valence electrons. The molecule has 2 nitrogen and oxygen atoms in total. The van der Waals surface area contributed by atoms with Crippen molar-refractivity contribution in [3.8, 4) is 0 Å². The number of rotatable bonds is 2. The van der Waals surface area contributed by atoms with Crippen molar-refractivity contribution in [2.45, 2.75) is 52.6 Å². The molecule has 2 aliphatic rings. The zero-order valence-corrected chi connectivity index (χ0v) is 11.1. The highest BCUT2D eigenvalue weighted by Crippen LogP contribution is 2.54. The van der Waals surface area contributed by atoms with Gasteiger partial charge in [-0.2, -0.15) is 0 Å². The largest absolute Gasteiger partial charge is 0.393 e. The summed E-state index contributed by atoms with van der Waals surface area (Å²) in [5.41, 5.74) is 0.880. The Hall–Kier alpha value is -0.630. The average Bonchev–Trinajstić information content (AvgIpc) is 2.57. The van der Waals surface area contributed by atoms with Crippen LogP contribution in [0.5, 0.6) is 0 Å². The number of aliphatic hydroxyl groups is 1. The maximum atomic E-state index is 11.0. The molecule has 0 saturated heterocycles. The van der Waals surface area contributed by atoms with Gasteiger partial charge in [0.15, 0.2) is 0 Å². The van der Waals surface area contributed by atoms with Crippen LogP contribution in [0.25, 0.3) is 0 Å². The minimum absolute atomic E-state index is 0.0142. The van der Waals surface area contributed by atoms with E-state index in [1.54, 1.807) is 0 Å². The summed E-state index contributed by atoms with van der Waals surface area (Å²) in [7, 11) is 0. The van der Waals surface area contributed by atoms with Crippen molar-refractivity contribution < 1.29 is 9.90 Å². The molecule has 0 aliphatic heterocycles. The van der Waals surface area contributed by atoms with Crippen molar-refractivity contribution in [1.82, 2.24) is 0 Å². The Bertz CT molecular complexity index is 332. The fraction of sp³-hybridized carbons (Fsp3) is 0.800. The maximum absolute atomic E-state index is 11.0. The number of carbonyl (C=O) groups is 1. The van der Waals surface area contributed by atoms with Crippen LogP contribution < -0.4 is 0 Å². The highest BCUT2D eigenvalue weighted by atomic mass is 16.3. The topological polar surface area (TPSA) is 37.3 Å². The van der Waals surface area contributed by atoms with Crippen LogP contribution in [0.1, 0.15) is 46.5 Å². The minimum Gasteiger partial charge on any atom is -0.393 e. The zero-order valence-electron chi connectivity index (χ0n) is 11.1. The summed E-state index contributed by atoms with van der Waals surface area (Å²) >= 11 is 0.